The van der Waals surface area contributed by atoms with Gasteiger partial charge in [-0.1, -0.05) is 88.6 Å². The van der Waals surface area contributed by atoms with Crippen molar-refractivity contribution in [3.8, 4) is 11.1 Å². The van der Waals surface area contributed by atoms with E-state index in [1.54, 1.807) is 16.8 Å². The average Bonchev–Trinajstić information content (AvgIpc) is 2.84. The first kappa shape index (κ1) is 24.2. The number of hydrogen-bond donors (Lipinski definition) is 0. The van der Waals surface area contributed by atoms with Gasteiger partial charge in [-0.15, -0.1) is 0 Å². The number of benzene rings is 1. The summed E-state index contributed by atoms with van der Waals surface area (Å²) in [6, 6.07) is 11.4. The first-order valence-corrected chi connectivity index (χ1v) is 12.4. The summed E-state index contributed by atoms with van der Waals surface area (Å²) in [6.07, 6.45) is 13.0. The molecule has 174 valence electrons. The second-order valence-electron chi connectivity index (χ2n) is 8.73. The highest BCUT2D eigenvalue weighted by atomic mass is 16.5. The maximum Gasteiger partial charge on any atom is 0.256 e. The second-order valence-corrected chi connectivity index (χ2v) is 8.73. The monoisotopic (exact) mass is 438 g/mol. The van der Waals surface area contributed by atoms with Crippen molar-refractivity contribution in [3.63, 3.8) is 0 Å². The quantitative estimate of drug-likeness (QED) is 0.410. The molecule has 0 N–H and O–H groups in total. The van der Waals surface area contributed by atoms with E-state index in [0.29, 0.717) is 38.4 Å². The van der Waals surface area contributed by atoms with Crippen molar-refractivity contribution in [2.45, 2.75) is 71.3 Å². The second kappa shape index (κ2) is 13.2. The molecule has 1 aromatic heterocycles. The van der Waals surface area contributed by atoms with Crippen LogP contribution < -0.4 is 5.56 Å². The van der Waals surface area contributed by atoms with Crippen molar-refractivity contribution in [1.29, 1.82) is 0 Å². The molecule has 1 amide bonds. The Morgan fingerprint density at radius 1 is 0.906 bits per heavy atom. The van der Waals surface area contributed by atoms with E-state index in [2.05, 4.69) is 6.92 Å². The largest absolute Gasteiger partial charge is 0.378 e. The summed E-state index contributed by atoms with van der Waals surface area (Å²) in [5, 5.41) is 0. The predicted molar refractivity (Wildman–Crippen MR) is 130 cm³/mol. The minimum atomic E-state index is -0.0399. The Balaban J connectivity index is 1.66. The minimum absolute atomic E-state index is 0.0204. The lowest BCUT2D eigenvalue weighted by molar-refractivity contribution is 0.0303. The molecule has 1 fully saturated rings. The molecule has 0 spiro atoms. The number of ether oxygens (including phenoxy) is 1. The van der Waals surface area contributed by atoms with Gasteiger partial charge in [0.25, 0.3) is 11.5 Å². The third-order valence-electron chi connectivity index (χ3n) is 6.24. The van der Waals surface area contributed by atoms with E-state index < -0.39 is 0 Å². The number of unbranched alkanes of at least 4 members (excludes halogenated alkanes) is 8. The van der Waals surface area contributed by atoms with Crippen LogP contribution in [0.3, 0.4) is 0 Å². The summed E-state index contributed by atoms with van der Waals surface area (Å²) in [7, 11) is 0. The van der Waals surface area contributed by atoms with Crippen molar-refractivity contribution in [2.24, 2.45) is 0 Å². The minimum Gasteiger partial charge on any atom is -0.378 e. The van der Waals surface area contributed by atoms with Crippen LogP contribution >= 0.6 is 0 Å². The van der Waals surface area contributed by atoms with E-state index in [1.165, 1.54) is 44.9 Å². The fourth-order valence-electron chi connectivity index (χ4n) is 4.30. The summed E-state index contributed by atoms with van der Waals surface area (Å²) in [5.74, 6) is -0.0204. The Morgan fingerprint density at radius 3 is 2.19 bits per heavy atom. The molecule has 1 aliphatic rings. The van der Waals surface area contributed by atoms with Gasteiger partial charge >= 0.3 is 0 Å². The van der Waals surface area contributed by atoms with Crippen molar-refractivity contribution >= 4 is 5.91 Å². The van der Waals surface area contributed by atoms with Gasteiger partial charge in [-0.25, -0.2) is 0 Å². The molecular formula is C27H38N2O3. The fraction of sp³-hybridized carbons (Fsp3) is 0.556. The van der Waals surface area contributed by atoms with E-state index in [-0.39, 0.29) is 11.5 Å². The van der Waals surface area contributed by atoms with E-state index in [1.807, 2.05) is 35.2 Å². The molecule has 0 bridgehead atoms. The lowest BCUT2D eigenvalue weighted by atomic mass is 10.0. The lowest BCUT2D eigenvalue weighted by Gasteiger charge is -2.28. The Bertz CT molecular complexity index is 886. The van der Waals surface area contributed by atoms with Gasteiger partial charge in [0.15, 0.2) is 0 Å². The summed E-state index contributed by atoms with van der Waals surface area (Å²) < 4.78 is 7.13. The fourth-order valence-corrected chi connectivity index (χ4v) is 4.30. The Kier molecular flexibility index (Phi) is 10.0. The number of amides is 1. The first-order chi connectivity index (χ1) is 15.7. The van der Waals surface area contributed by atoms with Crippen LogP contribution in [0, 0.1) is 0 Å². The van der Waals surface area contributed by atoms with E-state index in [4.69, 9.17) is 4.74 Å². The summed E-state index contributed by atoms with van der Waals surface area (Å²) in [6.45, 7) is 5.20. The summed E-state index contributed by atoms with van der Waals surface area (Å²) in [5.41, 5.74) is 2.18. The molecule has 5 nitrogen and oxygen atoms in total. The first-order valence-electron chi connectivity index (χ1n) is 12.4. The number of nitrogens with zero attached hydrogens (tertiary/aromatic N) is 2. The van der Waals surface area contributed by atoms with Gasteiger partial charge in [0.05, 0.1) is 18.8 Å². The van der Waals surface area contributed by atoms with Crippen LogP contribution in [0.25, 0.3) is 11.1 Å². The lowest BCUT2D eigenvalue weighted by Crippen LogP contribution is -2.41. The highest BCUT2D eigenvalue weighted by Crippen LogP contribution is 2.24. The molecule has 5 heteroatoms. The van der Waals surface area contributed by atoms with Gasteiger partial charge in [-0.3, -0.25) is 9.59 Å². The number of morpholine rings is 1. The van der Waals surface area contributed by atoms with Crippen LogP contribution in [0.1, 0.15) is 75.1 Å². The zero-order chi connectivity index (χ0) is 22.6. The molecule has 0 radical (unpaired) electrons. The number of carbonyl (C=O) groups is 1. The normalized spacial score (nSPS) is 14.0. The van der Waals surface area contributed by atoms with Crippen molar-refractivity contribution < 1.29 is 9.53 Å². The maximum atomic E-state index is 13.3. The van der Waals surface area contributed by atoms with Gasteiger partial charge in [-0.05, 0) is 12.0 Å². The van der Waals surface area contributed by atoms with Gasteiger partial charge in [0.1, 0.15) is 0 Å². The number of aryl methyl sites for hydroxylation is 1. The molecule has 0 atom stereocenters. The third kappa shape index (κ3) is 7.06. The van der Waals surface area contributed by atoms with Crippen molar-refractivity contribution in [1.82, 2.24) is 9.47 Å². The molecule has 3 rings (SSSR count). The number of carbonyl (C=O) groups excluding carboxylic acids is 1. The van der Waals surface area contributed by atoms with Crippen LogP contribution in [-0.4, -0.2) is 41.7 Å². The number of aromatic nitrogens is 1. The van der Waals surface area contributed by atoms with Crippen molar-refractivity contribution in [3.05, 3.63) is 58.5 Å². The van der Waals surface area contributed by atoms with Gasteiger partial charge in [0, 0.05) is 37.5 Å². The summed E-state index contributed by atoms with van der Waals surface area (Å²) >= 11 is 0. The molecule has 0 saturated carbocycles. The Labute approximate surface area is 192 Å². The van der Waals surface area contributed by atoms with Crippen LogP contribution in [0.2, 0.25) is 0 Å². The number of pyridine rings is 1. The SMILES string of the molecule is CCCCCCCCCCCn1cc(C(=O)N2CCOCC2)c(-c2ccccc2)cc1=O. The van der Waals surface area contributed by atoms with E-state index >= 15 is 0 Å². The van der Waals surface area contributed by atoms with Gasteiger partial charge < -0.3 is 14.2 Å². The van der Waals surface area contributed by atoms with Crippen molar-refractivity contribution in [2.75, 3.05) is 26.3 Å². The number of hydrogen-bond acceptors (Lipinski definition) is 3. The molecule has 2 aromatic rings. The van der Waals surface area contributed by atoms with Crippen LogP contribution in [-0.2, 0) is 11.3 Å². The molecule has 1 aliphatic heterocycles. The highest BCUT2D eigenvalue weighted by Gasteiger charge is 2.23. The van der Waals surface area contributed by atoms with E-state index in [9.17, 15) is 9.59 Å². The van der Waals surface area contributed by atoms with Crippen LogP contribution in [0.15, 0.2) is 47.4 Å². The highest BCUT2D eigenvalue weighted by molar-refractivity contribution is 6.00. The van der Waals surface area contributed by atoms with E-state index in [0.717, 1.165) is 24.0 Å². The Hall–Kier alpha value is -2.40. The molecule has 0 unspecified atom stereocenters. The predicted octanol–water partition coefficient (Wildman–Crippen LogP) is 5.52. The Morgan fingerprint density at radius 2 is 1.53 bits per heavy atom. The molecule has 2 heterocycles. The smallest absolute Gasteiger partial charge is 0.256 e. The molecule has 1 saturated heterocycles. The average molecular weight is 439 g/mol. The number of rotatable bonds is 12. The van der Waals surface area contributed by atoms with Crippen LogP contribution in [0.5, 0.6) is 0 Å². The van der Waals surface area contributed by atoms with Gasteiger partial charge in [0.2, 0.25) is 0 Å². The topological polar surface area (TPSA) is 51.5 Å². The third-order valence-corrected chi connectivity index (χ3v) is 6.24. The van der Waals surface area contributed by atoms with Gasteiger partial charge in [-0.2, -0.15) is 0 Å². The standard InChI is InChI=1S/C27H38N2O3/c1-2-3-4-5-6-7-8-9-13-16-29-22-25(27(31)28-17-19-32-20-18-28)24(21-26(29)30)23-14-11-10-12-15-23/h10-12,14-15,21-22H,2-9,13,16-20H2,1H3. The maximum absolute atomic E-state index is 13.3. The molecular weight excluding hydrogens is 400 g/mol. The zero-order valence-corrected chi connectivity index (χ0v) is 19.6. The zero-order valence-electron chi connectivity index (χ0n) is 19.6. The van der Waals surface area contributed by atoms with Crippen LogP contribution in [0.4, 0.5) is 0 Å². The molecule has 32 heavy (non-hydrogen) atoms. The molecule has 1 aromatic carbocycles. The summed E-state index contributed by atoms with van der Waals surface area (Å²) in [4.78, 5) is 28.0. The molecule has 0 aliphatic carbocycles.